The molecule has 2 fully saturated rings. The third-order valence-corrected chi connectivity index (χ3v) is 4.63. The van der Waals surface area contributed by atoms with Gasteiger partial charge in [-0.25, -0.2) is 9.97 Å². The minimum absolute atomic E-state index is 0.338. The quantitative estimate of drug-likeness (QED) is 0.864. The second-order valence-corrected chi connectivity index (χ2v) is 5.64. The molecule has 0 spiro atoms. The van der Waals surface area contributed by atoms with Crippen molar-refractivity contribution in [3.05, 3.63) is 18.5 Å². The predicted molar refractivity (Wildman–Crippen MR) is 82.8 cm³/mol. The number of hydrogen-bond donors (Lipinski definition) is 0. The van der Waals surface area contributed by atoms with E-state index in [-0.39, 0.29) is 0 Å². The third-order valence-electron chi connectivity index (χ3n) is 4.63. The zero-order valence-electron chi connectivity index (χ0n) is 12.8. The number of ether oxygens (including phenoxy) is 3. The molecule has 2 aromatic rings. The van der Waals surface area contributed by atoms with Crippen LogP contribution >= 0.6 is 0 Å². The summed E-state index contributed by atoms with van der Waals surface area (Å²) in [4.78, 5) is 11.3. The minimum Gasteiger partial charge on any atom is -0.493 e. The summed E-state index contributed by atoms with van der Waals surface area (Å²) in [5, 5.41) is 0.993. The first kappa shape index (κ1) is 13.6. The van der Waals surface area contributed by atoms with Gasteiger partial charge in [0.15, 0.2) is 11.5 Å². The van der Waals surface area contributed by atoms with Gasteiger partial charge in [-0.1, -0.05) is 0 Å². The van der Waals surface area contributed by atoms with E-state index < -0.39 is 0 Å². The van der Waals surface area contributed by atoms with Gasteiger partial charge in [-0.3, -0.25) is 0 Å². The molecular weight excluding hydrogens is 282 g/mol. The van der Waals surface area contributed by atoms with Crippen molar-refractivity contribution in [3.8, 4) is 11.5 Å². The lowest BCUT2D eigenvalue weighted by atomic mass is 10.1. The summed E-state index contributed by atoms with van der Waals surface area (Å²) in [5.74, 6) is 2.30. The Kier molecular flexibility index (Phi) is 3.26. The Morgan fingerprint density at radius 1 is 1.18 bits per heavy atom. The van der Waals surface area contributed by atoms with Crippen LogP contribution in [0.3, 0.4) is 0 Å². The maximum absolute atomic E-state index is 5.79. The Morgan fingerprint density at radius 3 is 2.91 bits per heavy atom. The lowest BCUT2D eigenvalue weighted by Gasteiger charge is -2.25. The summed E-state index contributed by atoms with van der Waals surface area (Å²) >= 11 is 0. The number of fused-ring (bicyclic) bond motifs is 2. The van der Waals surface area contributed by atoms with E-state index in [4.69, 9.17) is 14.2 Å². The Bertz CT molecular complexity index is 706. The molecule has 0 N–H and O–H groups in total. The topological polar surface area (TPSA) is 56.7 Å². The van der Waals surface area contributed by atoms with Gasteiger partial charge in [0.1, 0.15) is 17.7 Å². The van der Waals surface area contributed by atoms with Crippen LogP contribution < -0.4 is 14.4 Å². The number of methoxy groups -OCH3 is 2. The molecule has 1 aromatic heterocycles. The summed E-state index contributed by atoms with van der Waals surface area (Å²) in [6.07, 6.45) is 4.06. The average molecular weight is 301 g/mol. The van der Waals surface area contributed by atoms with Gasteiger partial charge in [-0.15, -0.1) is 0 Å². The Balaban J connectivity index is 1.85. The number of rotatable bonds is 3. The van der Waals surface area contributed by atoms with E-state index >= 15 is 0 Å². The third kappa shape index (κ3) is 1.90. The maximum Gasteiger partial charge on any atom is 0.187 e. The van der Waals surface area contributed by atoms with Crippen LogP contribution in [-0.2, 0) is 4.74 Å². The highest BCUT2D eigenvalue weighted by molar-refractivity contribution is 5.95. The van der Waals surface area contributed by atoms with E-state index in [1.54, 1.807) is 20.5 Å². The van der Waals surface area contributed by atoms with Gasteiger partial charge in [0.25, 0.3) is 0 Å². The second kappa shape index (κ2) is 5.28. The lowest BCUT2D eigenvalue weighted by Crippen LogP contribution is -2.32. The lowest BCUT2D eigenvalue weighted by molar-refractivity contribution is 0.113. The second-order valence-electron chi connectivity index (χ2n) is 5.64. The van der Waals surface area contributed by atoms with E-state index in [9.17, 15) is 0 Å². The molecule has 0 radical (unpaired) electrons. The zero-order valence-corrected chi connectivity index (χ0v) is 12.8. The smallest absolute Gasteiger partial charge is 0.187 e. The van der Waals surface area contributed by atoms with Gasteiger partial charge < -0.3 is 19.1 Å². The first-order valence-electron chi connectivity index (χ1n) is 7.57. The molecule has 2 atom stereocenters. The molecule has 0 amide bonds. The number of aromatic nitrogens is 2. The first-order valence-corrected chi connectivity index (χ1v) is 7.57. The van der Waals surface area contributed by atoms with E-state index in [1.807, 2.05) is 12.1 Å². The van der Waals surface area contributed by atoms with Crippen LogP contribution in [-0.4, -0.2) is 49.5 Å². The van der Waals surface area contributed by atoms with Gasteiger partial charge in [-0.05, 0) is 25.0 Å². The molecule has 1 aromatic carbocycles. The van der Waals surface area contributed by atoms with Crippen molar-refractivity contribution in [2.45, 2.75) is 25.0 Å². The molecule has 6 heteroatoms. The highest BCUT2D eigenvalue weighted by atomic mass is 16.5. The number of anilines is 1. The summed E-state index contributed by atoms with van der Waals surface area (Å²) in [6.45, 7) is 1.81. The van der Waals surface area contributed by atoms with Crippen LogP contribution in [0.4, 0.5) is 5.82 Å². The number of hydrogen-bond acceptors (Lipinski definition) is 6. The van der Waals surface area contributed by atoms with Crippen molar-refractivity contribution in [3.63, 3.8) is 0 Å². The van der Waals surface area contributed by atoms with Crippen LogP contribution in [0.1, 0.15) is 12.8 Å². The fourth-order valence-corrected chi connectivity index (χ4v) is 3.62. The van der Waals surface area contributed by atoms with Crippen molar-refractivity contribution in [1.82, 2.24) is 9.97 Å². The van der Waals surface area contributed by atoms with Crippen molar-refractivity contribution >= 4 is 16.7 Å². The van der Waals surface area contributed by atoms with Gasteiger partial charge >= 0.3 is 0 Å². The van der Waals surface area contributed by atoms with E-state index in [1.165, 1.54) is 0 Å². The largest absolute Gasteiger partial charge is 0.493 e. The van der Waals surface area contributed by atoms with E-state index in [2.05, 4.69) is 14.9 Å². The van der Waals surface area contributed by atoms with Crippen molar-refractivity contribution in [2.75, 3.05) is 32.3 Å². The molecule has 0 saturated carbocycles. The van der Waals surface area contributed by atoms with Crippen molar-refractivity contribution in [1.29, 1.82) is 0 Å². The standard InChI is InChI=1S/C16H19N3O3/c1-20-13-4-3-10-14(15(13)21-2)17-9-18-16(10)19-7-5-12-11(19)6-8-22-12/h3-4,9,11-12H,5-8H2,1-2H3/t11-,12-/m1/s1. The van der Waals surface area contributed by atoms with E-state index in [0.29, 0.717) is 23.6 Å². The molecule has 4 rings (SSSR count). The molecule has 0 bridgehead atoms. The van der Waals surface area contributed by atoms with Gasteiger partial charge in [0.2, 0.25) is 0 Å². The highest BCUT2D eigenvalue weighted by Crippen LogP contribution is 2.40. The van der Waals surface area contributed by atoms with Crippen LogP contribution in [0.2, 0.25) is 0 Å². The molecule has 2 saturated heterocycles. The normalized spacial score (nSPS) is 23.8. The molecule has 3 heterocycles. The molecule has 2 aliphatic rings. The van der Waals surface area contributed by atoms with Crippen molar-refractivity contribution in [2.24, 2.45) is 0 Å². The Morgan fingerprint density at radius 2 is 2.09 bits per heavy atom. The summed E-state index contributed by atoms with van der Waals surface area (Å²) < 4.78 is 16.6. The Labute approximate surface area is 129 Å². The maximum atomic E-state index is 5.79. The number of benzene rings is 1. The van der Waals surface area contributed by atoms with Crippen LogP contribution in [0, 0.1) is 0 Å². The van der Waals surface area contributed by atoms with Gasteiger partial charge in [-0.2, -0.15) is 0 Å². The monoisotopic (exact) mass is 301 g/mol. The molecule has 6 nitrogen and oxygen atoms in total. The SMILES string of the molecule is COc1ccc2c(N3CC[C@H]4OCC[C@H]43)ncnc2c1OC. The Hall–Kier alpha value is -2.08. The summed E-state index contributed by atoms with van der Waals surface area (Å²) in [5.41, 5.74) is 0.786. The number of nitrogens with zero attached hydrogens (tertiary/aromatic N) is 3. The van der Waals surface area contributed by atoms with Crippen LogP contribution in [0.25, 0.3) is 10.9 Å². The summed E-state index contributed by atoms with van der Waals surface area (Å²) in [7, 11) is 3.27. The minimum atomic E-state index is 0.338. The fourth-order valence-electron chi connectivity index (χ4n) is 3.62. The molecule has 0 unspecified atom stereocenters. The highest BCUT2D eigenvalue weighted by Gasteiger charge is 2.40. The molecule has 116 valence electrons. The molecular formula is C16H19N3O3. The van der Waals surface area contributed by atoms with Crippen LogP contribution in [0.5, 0.6) is 11.5 Å². The predicted octanol–water partition coefficient (Wildman–Crippen LogP) is 2.01. The van der Waals surface area contributed by atoms with Gasteiger partial charge in [0, 0.05) is 18.5 Å². The van der Waals surface area contributed by atoms with Crippen molar-refractivity contribution < 1.29 is 14.2 Å². The molecule has 0 aliphatic carbocycles. The molecule has 22 heavy (non-hydrogen) atoms. The average Bonchev–Trinajstić information content (AvgIpc) is 3.16. The molecule has 2 aliphatic heterocycles. The van der Waals surface area contributed by atoms with Crippen LogP contribution in [0.15, 0.2) is 18.5 Å². The zero-order chi connectivity index (χ0) is 15.1. The van der Waals surface area contributed by atoms with E-state index in [0.717, 1.165) is 42.7 Å². The van der Waals surface area contributed by atoms with Gasteiger partial charge in [0.05, 0.1) is 26.4 Å². The fraction of sp³-hybridized carbons (Fsp3) is 0.500. The first-order chi connectivity index (χ1) is 10.8. The summed E-state index contributed by atoms with van der Waals surface area (Å²) in [6, 6.07) is 4.34.